The van der Waals surface area contributed by atoms with Gasteiger partial charge in [-0.15, -0.1) is 0 Å². The van der Waals surface area contributed by atoms with Crippen LogP contribution in [0.1, 0.15) is 12.5 Å². The molecule has 0 radical (unpaired) electrons. The predicted octanol–water partition coefficient (Wildman–Crippen LogP) is 2.90. The summed E-state index contributed by atoms with van der Waals surface area (Å²) < 4.78 is 1.12. The molecular weight excluding hydrogens is 226 g/mol. The van der Waals surface area contributed by atoms with Gasteiger partial charge in [-0.1, -0.05) is 46.3 Å². The lowest BCUT2D eigenvalue weighted by Crippen LogP contribution is -2.23. The summed E-state index contributed by atoms with van der Waals surface area (Å²) in [5.41, 5.74) is 8.16. The van der Waals surface area contributed by atoms with E-state index in [9.17, 15) is 0 Å². The molecule has 0 saturated heterocycles. The summed E-state index contributed by atoms with van der Waals surface area (Å²) in [6, 6.07) is 8.18. The normalized spacial score (nSPS) is 12.5. The van der Waals surface area contributed by atoms with E-state index in [-0.39, 0.29) is 6.04 Å². The number of benzene rings is 1. The van der Waals surface area contributed by atoms with E-state index in [1.807, 2.05) is 25.1 Å². The molecule has 1 atom stereocenters. The average molecular weight is 240 g/mol. The molecule has 0 bridgehead atoms. The molecule has 1 aromatic carbocycles. The lowest BCUT2D eigenvalue weighted by atomic mass is 10.0. The monoisotopic (exact) mass is 239 g/mol. The van der Waals surface area contributed by atoms with E-state index in [0.29, 0.717) is 0 Å². The van der Waals surface area contributed by atoms with E-state index in [1.165, 1.54) is 5.56 Å². The summed E-state index contributed by atoms with van der Waals surface area (Å²) in [6.07, 6.45) is 0.844. The highest BCUT2D eigenvalue weighted by molar-refractivity contribution is 9.10. The average Bonchev–Trinajstić information content (AvgIpc) is 2.08. The topological polar surface area (TPSA) is 26.0 Å². The van der Waals surface area contributed by atoms with Crippen LogP contribution in [0.5, 0.6) is 0 Å². The van der Waals surface area contributed by atoms with Gasteiger partial charge in [-0.25, -0.2) is 0 Å². The molecule has 0 aromatic heterocycles. The lowest BCUT2D eigenvalue weighted by molar-refractivity contribution is 0.764. The third kappa shape index (κ3) is 2.98. The molecular formula is C11H14BrN. The molecule has 70 valence electrons. The van der Waals surface area contributed by atoms with Crippen molar-refractivity contribution in [2.24, 2.45) is 5.73 Å². The number of hydrogen-bond acceptors (Lipinski definition) is 1. The molecule has 0 heterocycles. The first-order valence-corrected chi connectivity index (χ1v) is 5.05. The second kappa shape index (κ2) is 4.58. The van der Waals surface area contributed by atoms with Crippen LogP contribution in [0.3, 0.4) is 0 Å². The van der Waals surface area contributed by atoms with Crippen molar-refractivity contribution in [2.45, 2.75) is 19.4 Å². The zero-order valence-corrected chi connectivity index (χ0v) is 9.34. The highest BCUT2D eigenvalue weighted by atomic mass is 79.9. The third-order valence-electron chi connectivity index (χ3n) is 2.03. The second-order valence-electron chi connectivity index (χ2n) is 3.25. The predicted molar refractivity (Wildman–Crippen MR) is 60.6 cm³/mol. The number of hydrogen-bond donors (Lipinski definition) is 1. The van der Waals surface area contributed by atoms with Crippen molar-refractivity contribution in [2.75, 3.05) is 0 Å². The van der Waals surface area contributed by atoms with Crippen LogP contribution in [0.15, 0.2) is 40.9 Å². The van der Waals surface area contributed by atoms with E-state index in [1.54, 1.807) is 0 Å². The van der Waals surface area contributed by atoms with Crippen LogP contribution in [0.25, 0.3) is 0 Å². The fraction of sp³-hybridized carbons (Fsp3) is 0.273. The zero-order valence-electron chi connectivity index (χ0n) is 7.76. The smallest absolute Gasteiger partial charge is 0.0289 e. The first-order valence-electron chi connectivity index (χ1n) is 4.25. The molecule has 1 nitrogen and oxygen atoms in total. The molecule has 13 heavy (non-hydrogen) atoms. The van der Waals surface area contributed by atoms with Gasteiger partial charge in [0.15, 0.2) is 0 Å². The maximum Gasteiger partial charge on any atom is 0.0289 e. The van der Waals surface area contributed by atoms with E-state index < -0.39 is 0 Å². The van der Waals surface area contributed by atoms with Crippen molar-refractivity contribution in [3.8, 4) is 0 Å². The Bertz CT molecular complexity index is 307. The minimum atomic E-state index is 0.0544. The van der Waals surface area contributed by atoms with Crippen molar-refractivity contribution >= 4 is 15.9 Å². The molecule has 1 rings (SSSR count). The maximum absolute atomic E-state index is 5.90. The summed E-state index contributed by atoms with van der Waals surface area (Å²) >= 11 is 3.49. The van der Waals surface area contributed by atoms with Crippen LogP contribution in [-0.2, 0) is 6.42 Å². The van der Waals surface area contributed by atoms with Gasteiger partial charge in [0, 0.05) is 10.5 Å². The standard InChI is InChI=1S/C11H14BrN/c1-8(2)11(13)7-9-5-3-4-6-10(9)12/h3-6,11H,1,7,13H2,2H3. The molecule has 0 saturated carbocycles. The zero-order chi connectivity index (χ0) is 9.84. The Hall–Kier alpha value is -0.600. The second-order valence-corrected chi connectivity index (χ2v) is 4.10. The Morgan fingerprint density at radius 1 is 1.54 bits per heavy atom. The minimum absolute atomic E-state index is 0.0544. The largest absolute Gasteiger partial charge is 0.324 e. The molecule has 0 amide bonds. The molecule has 1 aromatic rings. The van der Waals surface area contributed by atoms with Gasteiger partial charge in [0.05, 0.1) is 0 Å². The molecule has 2 N–H and O–H groups in total. The van der Waals surface area contributed by atoms with E-state index in [2.05, 4.69) is 28.6 Å². The van der Waals surface area contributed by atoms with E-state index in [0.717, 1.165) is 16.5 Å². The first-order chi connectivity index (χ1) is 6.11. The summed E-state index contributed by atoms with van der Waals surface area (Å²) in [4.78, 5) is 0. The van der Waals surface area contributed by atoms with Crippen molar-refractivity contribution in [1.29, 1.82) is 0 Å². The molecule has 0 aliphatic rings. The van der Waals surface area contributed by atoms with Crippen LogP contribution in [0, 0.1) is 0 Å². The quantitative estimate of drug-likeness (QED) is 0.807. The highest BCUT2D eigenvalue weighted by Gasteiger charge is 2.06. The van der Waals surface area contributed by atoms with Crippen molar-refractivity contribution in [3.05, 3.63) is 46.5 Å². The Morgan fingerprint density at radius 3 is 2.69 bits per heavy atom. The van der Waals surface area contributed by atoms with Crippen LogP contribution < -0.4 is 5.73 Å². The SMILES string of the molecule is C=C(C)C(N)Cc1ccccc1Br. The van der Waals surface area contributed by atoms with Crippen molar-refractivity contribution < 1.29 is 0 Å². The Balaban J connectivity index is 2.74. The molecule has 0 aliphatic carbocycles. The van der Waals surface area contributed by atoms with Gasteiger partial charge in [-0.05, 0) is 25.0 Å². The highest BCUT2D eigenvalue weighted by Crippen LogP contribution is 2.18. The van der Waals surface area contributed by atoms with Crippen LogP contribution in [0.4, 0.5) is 0 Å². The van der Waals surface area contributed by atoms with Gasteiger partial charge in [0.1, 0.15) is 0 Å². The van der Waals surface area contributed by atoms with Crippen LogP contribution in [0.2, 0.25) is 0 Å². The van der Waals surface area contributed by atoms with Gasteiger partial charge in [0.2, 0.25) is 0 Å². The maximum atomic E-state index is 5.90. The van der Waals surface area contributed by atoms with Crippen molar-refractivity contribution in [3.63, 3.8) is 0 Å². The van der Waals surface area contributed by atoms with E-state index in [4.69, 9.17) is 5.73 Å². The van der Waals surface area contributed by atoms with Gasteiger partial charge in [-0.2, -0.15) is 0 Å². The first kappa shape index (κ1) is 10.5. The minimum Gasteiger partial charge on any atom is -0.324 e. The summed E-state index contributed by atoms with van der Waals surface area (Å²) in [7, 11) is 0. The van der Waals surface area contributed by atoms with Gasteiger partial charge in [-0.3, -0.25) is 0 Å². The van der Waals surface area contributed by atoms with E-state index >= 15 is 0 Å². The fourth-order valence-electron chi connectivity index (χ4n) is 1.08. The Morgan fingerprint density at radius 2 is 2.15 bits per heavy atom. The summed E-state index contributed by atoms with van der Waals surface area (Å²) in [6.45, 7) is 5.80. The molecule has 2 heteroatoms. The molecule has 0 fully saturated rings. The third-order valence-corrected chi connectivity index (χ3v) is 2.80. The summed E-state index contributed by atoms with van der Waals surface area (Å²) in [5, 5.41) is 0. The van der Waals surface area contributed by atoms with Gasteiger partial charge in [0.25, 0.3) is 0 Å². The van der Waals surface area contributed by atoms with Crippen LogP contribution >= 0.6 is 15.9 Å². The lowest BCUT2D eigenvalue weighted by Gasteiger charge is -2.12. The Labute approximate surface area is 87.8 Å². The summed E-state index contributed by atoms with van der Waals surface area (Å²) in [5.74, 6) is 0. The molecule has 0 aliphatic heterocycles. The van der Waals surface area contributed by atoms with Gasteiger partial charge >= 0.3 is 0 Å². The number of rotatable bonds is 3. The fourth-order valence-corrected chi connectivity index (χ4v) is 1.52. The number of nitrogens with two attached hydrogens (primary N) is 1. The van der Waals surface area contributed by atoms with Crippen molar-refractivity contribution in [1.82, 2.24) is 0 Å². The van der Waals surface area contributed by atoms with Gasteiger partial charge < -0.3 is 5.73 Å². The molecule has 1 unspecified atom stereocenters. The number of halogens is 1. The van der Waals surface area contributed by atoms with Crippen LogP contribution in [-0.4, -0.2) is 6.04 Å². The Kier molecular flexibility index (Phi) is 3.70. The molecule has 0 spiro atoms.